The Balaban J connectivity index is 2.08. The van der Waals surface area contributed by atoms with Crippen LogP contribution in [0.5, 0.6) is 5.75 Å². The van der Waals surface area contributed by atoms with Crippen LogP contribution < -0.4 is 10.5 Å². The van der Waals surface area contributed by atoms with Gasteiger partial charge in [0.05, 0.1) is 5.69 Å². The second kappa shape index (κ2) is 5.80. The van der Waals surface area contributed by atoms with Crippen LogP contribution >= 0.6 is 0 Å². The monoisotopic (exact) mass is 260 g/mol. The highest BCUT2D eigenvalue weighted by molar-refractivity contribution is 5.30. The number of rotatable bonds is 4. The van der Waals surface area contributed by atoms with Gasteiger partial charge in [-0.25, -0.2) is 4.39 Å². The third-order valence-corrected chi connectivity index (χ3v) is 2.96. The third-order valence-electron chi connectivity index (χ3n) is 2.96. The predicted octanol–water partition coefficient (Wildman–Crippen LogP) is 3.13. The smallest absolute Gasteiger partial charge is 0.131 e. The molecule has 0 fully saturated rings. The van der Waals surface area contributed by atoms with Gasteiger partial charge in [-0.05, 0) is 31.5 Å². The molecule has 0 amide bonds. The minimum Gasteiger partial charge on any atom is -0.487 e. The Bertz CT molecular complexity index is 570. The third kappa shape index (κ3) is 3.29. The van der Waals surface area contributed by atoms with Crippen molar-refractivity contribution in [3.63, 3.8) is 0 Å². The maximum atomic E-state index is 13.7. The highest BCUT2D eigenvalue weighted by Gasteiger charge is 2.08. The molecule has 0 bridgehead atoms. The maximum Gasteiger partial charge on any atom is 0.131 e. The van der Waals surface area contributed by atoms with Crippen molar-refractivity contribution in [1.29, 1.82) is 0 Å². The van der Waals surface area contributed by atoms with Crippen LogP contribution in [-0.2, 0) is 6.61 Å². The first kappa shape index (κ1) is 13.5. The first-order valence-electron chi connectivity index (χ1n) is 6.16. The summed E-state index contributed by atoms with van der Waals surface area (Å²) in [5.41, 5.74) is 8.04. The summed E-state index contributed by atoms with van der Waals surface area (Å²) in [5.74, 6) is 0.136. The van der Waals surface area contributed by atoms with Gasteiger partial charge in [0.25, 0.3) is 0 Å². The van der Waals surface area contributed by atoms with Crippen LogP contribution in [0.2, 0.25) is 0 Å². The zero-order chi connectivity index (χ0) is 13.8. The fourth-order valence-electron chi connectivity index (χ4n) is 1.79. The van der Waals surface area contributed by atoms with Crippen molar-refractivity contribution in [2.45, 2.75) is 26.5 Å². The Labute approximate surface area is 112 Å². The Hall–Kier alpha value is -1.94. The first-order chi connectivity index (χ1) is 9.08. The molecule has 1 aromatic carbocycles. The molecule has 2 aromatic rings. The van der Waals surface area contributed by atoms with Crippen molar-refractivity contribution in [1.82, 2.24) is 4.98 Å². The SMILES string of the molecule is Cc1cccnc1COc1ccc(C(C)N)c(F)c1. The van der Waals surface area contributed by atoms with Crippen molar-refractivity contribution < 1.29 is 9.13 Å². The van der Waals surface area contributed by atoms with Crippen LogP contribution in [0.15, 0.2) is 36.5 Å². The van der Waals surface area contributed by atoms with E-state index in [1.54, 1.807) is 25.3 Å². The Morgan fingerprint density at radius 3 is 2.79 bits per heavy atom. The second-order valence-corrected chi connectivity index (χ2v) is 4.53. The van der Waals surface area contributed by atoms with Crippen LogP contribution in [0.1, 0.15) is 29.8 Å². The number of hydrogen-bond donors (Lipinski definition) is 1. The lowest BCUT2D eigenvalue weighted by atomic mass is 10.1. The zero-order valence-corrected chi connectivity index (χ0v) is 11.1. The van der Waals surface area contributed by atoms with Gasteiger partial charge in [0.1, 0.15) is 18.2 Å². The molecule has 2 rings (SSSR count). The molecule has 100 valence electrons. The van der Waals surface area contributed by atoms with E-state index in [1.165, 1.54) is 6.07 Å². The normalized spacial score (nSPS) is 12.2. The van der Waals surface area contributed by atoms with Crippen molar-refractivity contribution in [3.05, 3.63) is 59.2 Å². The van der Waals surface area contributed by atoms with Gasteiger partial charge in [-0.2, -0.15) is 0 Å². The van der Waals surface area contributed by atoms with Gasteiger partial charge in [-0.15, -0.1) is 0 Å². The van der Waals surface area contributed by atoms with Gasteiger partial charge < -0.3 is 10.5 Å². The minimum absolute atomic E-state index is 0.323. The van der Waals surface area contributed by atoms with Crippen molar-refractivity contribution in [3.8, 4) is 5.75 Å². The molecular formula is C15H17FN2O. The Kier molecular flexibility index (Phi) is 4.12. The molecule has 1 atom stereocenters. The molecule has 0 saturated carbocycles. The van der Waals surface area contributed by atoms with Gasteiger partial charge in [0.15, 0.2) is 0 Å². The number of nitrogens with two attached hydrogens (primary N) is 1. The van der Waals surface area contributed by atoms with Crippen LogP contribution in [-0.4, -0.2) is 4.98 Å². The fraction of sp³-hybridized carbons (Fsp3) is 0.267. The molecule has 1 unspecified atom stereocenters. The second-order valence-electron chi connectivity index (χ2n) is 4.53. The van der Waals surface area contributed by atoms with Crippen LogP contribution in [0, 0.1) is 12.7 Å². The first-order valence-corrected chi connectivity index (χ1v) is 6.16. The average Bonchev–Trinajstić information content (AvgIpc) is 2.37. The molecule has 1 aromatic heterocycles. The van der Waals surface area contributed by atoms with E-state index >= 15 is 0 Å². The van der Waals surface area contributed by atoms with Crippen LogP contribution in [0.3, 0.4) is 0 Å². The van der Waals surface area contributed by atoms with Crippen LogP contribution in [0.4, 0.5) is 4.39 Å². The van der Waals surface area contributed by atoms with E-state index in [9.17, 15) is 4.39 Å². The summed E-state index contributed by atoms with van der Waals surface area (Å²) in [6, 6.07) is 8.24. The molecule has 0 spiro atoms. The Morgan fingerprint density at radius 1 is 1.37 bits per heavy atom. The number of ether oxygens (including phenoxy) is 1. The van der Waals surface area contributed by atoms with E-state index in [1.807, 2.05) is 19.1 Å². The summed E-state index contributed by atoms with van der Waals surface area (Å²) < 4.78 is 19.3. The number of hydrogen-bond acceptors (Lipinski definition) is 3. The van der Waals surface area contributed by atoms with Gasteiger partial charge in [0.2, 0.25) is 0 Å². The summed E-state index contributed by atoms with van der Waals surface area (Å²) >= 11 is 0. The highest BCUT2D eigenvalue weighted by atomic mass is 19.1. The Morgan fingerprint density at radius 2 is 2.16 bits per heavy atom. The zero-order valence-electron chi connectivity index (χ0n) is 11.1. The topological polar surface area (TPSA) is 48.1 Å². The quantitative estimate of drug-likeness (QED) is 0.918. The number of aromatic nitrogens is 1. The minimum atomic E-state index is -0.342. The molecule has 2 N–H and O–H groups in total. The summed E-state index contributed by atoms with van der Waals surface area (Å²) in [6.07, 6.45) is 1.71. The summed E-state index contributed by atoms with van der Waals surface area (Å²) in [7, 11) is 0. The standard InChI is InChI=1S/C15H17FN2O/c1-10-4-3-7-18-15(10)9-19-12-5-6-13(11(2)17)14(16)8-12/h3-8,11H,9,17H2,1-2H3. The van der Waals surface area contributed by atoms with Crippen LogP contribution in [0.25, 0.3) is 0 Å². The van der Waals surface area contributed by atoms with E-state index in [-0.39, 0.29) is 11.9 Å². The number of nitrogens with zero attached hydrogens (tertiary/aromatic N) is 1. The number of halogens is 1. The van der Waals surface area contributed by atoms with Crippen molar-refractivity contribution in [2.24, 2.45) is 5.73 Å². The molecule has 1 heterocycles. The predicted molar refractivity (Wildman–Crippen MR) is 72.3 cm³/mol. The number of aryl methyl sites for hydroxylation is 1. The van der Waals surface area contributed by atoms with Gasteiger partial charge >= 0.3 is 0 Å². The molecule has 19 heavy (non-hydrogen) atoms. The average molecular weight is 260 g/mol. The molecule has 0 radical (unpaired) electrons. The van der Waals surface area contributed by atoms with E-state index in [0.29, 0.717) is 17.9 Å². The van der Waals surface area contributed by atoms with Crippen molar-refractivity contribution >= 4 is 0 Å². The van der Waals surface area contributed by atoms with E-state index < -0.39 is 0 Å². The fourth-order valence-corrected chi connectivity index (χ4v) is 1.79. The van der Waals surface area contributed by atoms with E-state index in [0.717, 1.165) is 11.3 Å². The lowest BCUT2D eigenvalue weighted by molar-refractivity contribution is 0.298. The molecule has 4 heteroatoms. The van der Waals surface area contributed by atoms with Crippen molar-refractivity contribution in [2.75, 3.05) is 0 Å². The summed E-state index contributed by atoms with van der Waals surface area (Å²) in [4.78, 5) is 4.22. The maximum absolute atomic E-state index is 13.7. The lowest BCUT2D eigenvalue weighted by Gasteiger charge is -2.11. The molecule has 0 aliphatic carbocycles. The van der Waals surface area contributed by atoms with E-state index in [2.05, 4.69) is 4.98 Å². The highest BCUT2D eigenvalue weighted by Crippen LogP contribution is 2.21. The summed E-state index contributed by atoms with van der Waals surface area (Å²) in [5, 5.41) is 0. The molecular weight excluding hydrogens is 243 g/mol. The molecule has 0 saturated heterocycles. The lowest BCUT2D eigenvalue weighted by Crippen LogP contribution is -2.07. The van der Waals surface area contributed by atoms with Gasteiger partial charge in [0, 0.05) is 23.9 Å². The number of benzene rings is 1. The molecule has 0 aliphatic heterocycles. The molecule has 3 nitrogen and oxygen atoms in total. The number of pyridine rings is 1. The van der Waals surface area contributed by atoms with E-state index in [4.69, 9.17) is 10.5 Å². The largest absolute Gasteiger partial charge is 0.487 e. The summed E-state index contributed by atoms with van der Waals surface area (Å²) in [6.45, 7) is 4.03. The molecule has 0 aliphatic rings. The van der Waals surface area contributed by atoms with Gasteiger partial charge in [-0.3, -0.25) is 4.98 Å². The van der Waals surface area contributed by atoms with Gasteiger partial charge in [-0.1, -0.05) is 12.1 Å².